The molecule has 1 aliphatic rings. The zero-order valence-electron chi connectivity index (χ0n) is 12.9. The normalized spacial score (nSPS) is 15.0. The smallest absolute Gasteiger partial charge is 0.232 e. The third-order valence-corrected chi connectivity index (χ3v) is 5.04. The second-order valence-electron chi connectivity index (χ2n) is 5.45. The van der Waals surface area contributed by atoms with Crippen LogP contribution in [0.2, 0.25) is 0 Å². The summed E-state index contributed by atoms with van der Waals surface area (Å²) < 4.78 is 30.2. The zero-order chi connectivity index (χ0) is 16.2. The Morgan fingerprint density at radius 2 is 1.95 bits per heavy atom. The lowest BCUT2D eigenvalue weighted by molar-refractivity contribution is -0.127. The lowest BCUT2D eigenvalue weighted by atomic mass is 9.85. The van der Waals surface area contributed by atoms with Crippen LogP contribution in [0.4, 0.5) is 5.69 Å². The number of nitrogens with zero attached hydrogens (tertiary/aromatic N) is 1. The summed E-state index contributed by atoms with van der Waals surface area (Å²) >= 11 is 0. The zero-order valence-corrected chi connectivity index (χ0v) is 13.7. The number of nitrogens with one attached hydrogen (secondary N) is 1. The van der Waals surface area contributed by atoms with E-state index in [0.29, 0.717) is 18.0 Å². The Hall–Kier alpha value is -1.76. The van der Waals surface area contributed by atoms with E-state index in [4.69, 9.17) is 4.74 Å². The number of hydrogen-bond acceptors (Lipinski definition) is 4. The monoisotopic (exact) mass is 326 g/mol. The molecule has 0 bridgehead atoms. The van der Waals surface area contributed by atoms with Crippen molar-refractivity contribution in [2.75, 3.05) is 30.8 Å². The van der Waals surface area contributed by atoms with Crippen molar-refractivity contribution < 1.29 is 17.9 Å². The molecule has 0 saturated heterocycles. The van der Waals surface area contributed by atoms with Gasteiger partial charge in [0.25, 0.3) is 0 Å². The number of methoxy groups -OCH3 is 1. The molecule has 2 rings (SSSR count). The van der Waals surface area contributed by atoms with Crippen molar-refractivity contribution in [3.63, 3.8) is 0 Å². The molecule has 1 aromatic rings. The highest BCUT2D eigenvalue weighted by Gasteiger charge is 2.25. The summed E-state index contributed by atoms with van der Waals surface area (Å²) in [5, 5.41) is 2.81. The van der Waals surface area contributed by atoms with E-state index < -0.39 is 10.0 Å². The molecule has 22 heavy (non-hydrogen) atoms. The van der Waals surface area contributed by atoms with Gasteiger partial charge >= 0.3 is 0 Å². The predicted octanol–water partition coefficient (Wildman–Crippen LogP) is 1.38. The molecule has 0 atom stereocenters. The fourth-order valence-corrected chi connectivity index (χ4v) is 3.26. The minimum atomic E-state index is -3.41. The van der Waals surface area contributed by atoms with Gasteiger partial charge in [0.05, 0.1) is 25.6 Å². The minimum Gasteiger partial charge on any atom is -0.497 e. The first kappa shape index (κ1) is 16.6. The molecule has 1 N–H and O–H groups in total. The number of carbonyl (C=O) groups excluding carboxylic acids is 1. The minimum absolute atomic E-state index is 0.0226. The summed E-state index contributed by atoms with van der Waals surface area (Å²) in [6, 6.07) is 6.79. The van der Waals surface area contributed by atoms with Crippen LogP contribution in [0.1, 0.15) is 19.3 Å². The van der Waals surface area contributed by atoms with Crippen LogP contribution in [0.15, 0.2) is 24.3 Å². The van der Waals surface area contributed by atoms with Crippen molar-refractivity contribution in [3.05, 3.63) is 24.3 Å². The fraction of sp³-hybridized carbons (Fsp3) is 0.533. The molecular weight excluding hydrogens is 304 g/mol. The molecule has 0 radical (unpaired) electrons. The lowest BCUT2D eigenvalue weighted by Crippen LogP contribution is -2.41. The molecule has 122 valence electrons. The summed E-state index contributed by atoms with van der Waals surface area (Å²) in [4.78, 5) is 11.8. The highest BCUT2D eigenvalue weighted by atomic mass is 32.2. The van der Waals surface area contributed by atoms with Gasteiger partial charge < -0.3 is 10.1 Å². The van der Waals surface area contributed by atoms with Crippen LogP contribution < -0.4 is 14.4 Å². The van der Waals surface area contributed by atoms with Crippen LogP contribution in [-0.2, 0) is 14.8 Å². The maximum Gasteiger partial charge on any atom is 0.232 e. The van der Waals surface area contributed by atoms with Crippen molar-refractivity contribution in [1.82, 2.24) is 5.32 Å². The van der Waals surface area contributed by atoms with Gasteiger partial charge in [-0.3, -0.25) is 9.10 Å². The summed E-state index contributed by atoms with van der Waals surface area (Å²) in [6.07, 6.45) is 4.12. The molecule has 1 aliphatic carbocycles. The van der Waals surface area contributed by atoms with Gasteiger partial charge in [-0.15, -0.1) is 0 Å². The van der Waals surface area contributed by atoms with Crippen LogP contribution in [0.5, 0.6) is 5.75 Å². The van der Waals surface area contributed by atoms with Gasteiger partial charge in [0.2, 0.25) is 15.9 Å². The average Bonchev–Trinajstić information content (AvgIpc) is 2.40. The Bertz CT molecular complexity index is 609. The molecule has 6 nitrogen and oxygen atoms in total. The molecular formula is C15H22N2O4S. The number of rotatable bonds is 7. The van der Waals surface area contributed by atoms with Gasteiger partial charge in [-0.1, -0.05) is 6.42 Å². The van der Waals surface area contributed by atoms with Gasteiger partial charge in [-0.2, -0.15) is 0 Å². The highest BCUT2D eigenvalue weighted by Crippen LogP contribution is 2.26. The maximum atomic E-state index is 11.9. The summed E-state index contributed by atoms with van der Waals surface area (Å²) in [7, 11) is -1.85. The van der Waals surface area contributed by atoms with Crippen molar-refractivity contribution in [2.45, 2.75) is 19.3 Å². The first-order chi connectivity index (χ1) is 10.4. The third-order valence-electron chi connectivity index (χ3n) is 3.85. The van der Waals surface area contributed by atoms with Crippen molar-refractivity contribution in [1.29, 1.82) is 0 Å². The fourth-order valence-electron chi connectivity index (χ4n) is 2.33. The topological polar surface area (TPSA) is 75.7 Å². The molecule has 0 spiro atoms. The Morgan fingerprint density at radius 3 is 2.41 bits per heavy atom. The Labute approximate surface area is 131 Å². The number of hydrogen-bond donors (Lipinski definition) is 1. The first-order valence-electron chi connectivity index (χ1n) is 7.31. The van der Waals surface area contributed by atoms with Crippen LogP contribution in [0.3, 0.4) is 0 Å². The highest BCUT2D eigenvalue weighted by molar-refractivity contribution is 7.92. The number of benzene rings is 1. The van der Waals surface area contributed by atoms with E-state index in [1.54, 1.807) is 31.4 Å². The van der Waals surface area contributed by atoms with E-state index in [2.05, 4.69) is 5.32 Å². The van der Waals surface area contributed by atoms with Crippen LogP contribution in [0.25, 0.3) is 0 Å². The number of ether oxygens (including phenoxy) is 1. The molecule has 7 heteroatoms. The van der Waals surface area contributed by atoms with E-state index in [-0.39, 0.29) is 18.4 Å². The summed E-state index contributed by atoms with van der Waals surface area (Å²) in [5.41, 5.74) is 0.557. The van der Waals surface area contributed by atoms with Gasteiger partial charge in [-0.25, -0.2) is 8.42 Å². The van der Waals surface area contributed by atoms with E-state index in [0.717, 1.165) is 25.5 Å². The van der Waals surface area contributed by atoms with Crippen molar-refractivity contribution in [2.24, 2.45) is 5.92 Å². The Balaban J connectivity index is 1.98. The molecule has 0 heterocycles. The Morgan fingerprint density at radius 1 is 1.32 bits per heavy atom. The van der Waals surface area contributed by atoms with E-state index in [1.807, 2.05) is 0 Å². The van der Waals surface area contributed by atoms with Gasteiger partial charge in [0.1, 0.15) is 5.75 Å². The van der Waals surface area contributed by atoms with Crippen molar-refractivity contribution in [3.8, 4) is 5.75 Å². The first-order valence-corrected chi connectivity index (χ1v) is 9.16. The number of carbonyl (C=O) groups is 1. The quantitative estimate of drug-likeness (QED) is 0.821. The second-order valence-corrected chi connectivity index (χ2v) is 7.36. The van der Waals surface area contributed by atoms with Crippen LogP contribution >= 0.6 is 0 Å². The predicted molar refractivity (Wildman–Crippen MR) is 85.5 cm³/mol. The second kappa shape index (κ2) is 7.00. The standard InChI is InChI=1S/C15H22N2O4S/c1-21-14-8-6-13(7-9-14)17(22(2,19)20)11-10-16-15(18)12-4-3-5-12/h6-9,12H,3-5,10-11H2,1-2H3,(H,16,18). The SMILES string of the molecule is COc1ccc(N(CCNC(=O)C2CCC2)S(C)(=O)=O)cc1. The number of amides is 1. The molecule has 1 fully saturated rings. The molecule has 1 amide bonds. The lowest BCUT2D eigenvalue weighted by Gasteiger charge is -2.26. The number of sulfonamides is 1. The number of anilines is 1. The Kier molecular flexibility index (Phi) is 5.28. The third kappa shape index (κ3) is 4.13. The molecule has 1 aromatic carbocycles. The average molecular weight is 326 g/mol. The largest absolute Gasteiger partial charge is 0.497 e. The van der Waals surface area contributed by atoms with E-state index in [9.17, 15) is 13.2 Å². The maximum absolute atomic E-state index is 11.9. The van der Waals surface area contributed by atoms with Gasteiger partial charge in [0.15, 0.2) is 0 Å². The molecule has 1 saturated carbocycles. The molecule has 0 aliphatic heterocycles. The van der Waals surface area contributed by atoms with Crippen LogP contribution in [-0.4, -0.2) is 40.8 Å². The van der Waals surface area contributed by atoms with Gasteiger partial charge in [0, 0.05) is 12.5 Å². The van der Waals surface area contributed by atoms with Crippen molar-refractivity contribution >= 4 is 21.6 Å². The van der Waals surface area contributed by atoms with Crippen LogP contribution in [0, 0.1) is 5.92 Å². The van der Waals surface area contributed by atoms with E-state index in [1.165, 1.54) is 4.31 Å². The summed E-state index contributed by atoms with van der Waals surface area (Å²) in [6.45, 7) is 0.512. The summed E-state index contributed by atoms with van der Waals surface area (Å²) in [5.74, 6) is 0.789. The van der Waals surface area contributed by atoms with Gasteiger partial charge in [-0.05, 0) is 37.1 Å². The molecule has 0 unspecified atom stereocenters. The van der Waals surface area contributed by atoms with E-state index >= 15 is 0 Å². The molecule has 0 aromatic heterocycles.